The molecule has 9 rings (SSSR count). The third-order valence-electron chi connectivity index (χ3n) is 13.7. The molecular weight excluding hydrogens is 1070 g/mol. The molecule has 348 valence electrons. The largest absolute Gasteiger partial charge is 0.101 e. The molecule has 0 N–H and O–H groups in total. The molecule has 0 heterocycles. The molecule has 0 amide bonds. The van der Waals surface area contributed by atoms with E-state index in [-0.39, 0.29) is 26.4 Å². The molecule has 69 heavy (non-hydrogen) atoms. The van der Waals surface area contributed by atoms with Crippen LogP contribution in [0.2, 0.25) is 4.25 Å². The zero-order chi connectivity index (χ0) is 48.3. The fourth-order valence-corrected chi connectivity index (χ4v) is 34.0. The Hall–Kier alpha value is -3.52. The third kappa shape index (κ3) is 14.8. The molecule has 0 unspecified atom stereocenters. The number of allylic oxidation sites excluding steroid dienone is 4. The van der Waals surface area contributed by atoms with Crippen molar-refractivity contribution in [2.75, 3.05) is 24.6 Å². The van der Waals surface area contributed by atoms with Gasteiger partial charge in [0, 0.05) is 0 Å². The van der Waals surface area contributed by atoms with E-state index in [1.165, 1.54) is 78.2 Å². The van der Waals surface area contributed by atoms with Crippen LogP contribution >= 0.6 is 41.1 Å². The van der Waals surface area contributed by atoms with Crippen LogP contribution in [0.4, 0.5) is 0 Å². The first-order chi connectivity index (χ1) is 33.8. The maximum Gasteiger partial charge on any atom is 0.101 e. The van der Waals surface area contributed by atoms with Crippen molar-refractivity contribution in [2.45, 2.75) is 38.9 Å². The van der Waals surface area contributed by atoms with E-state index in [0.717, 1.165) is 0 Å². The summed E-state index contributed by atoms with van der Waals surface area (Å²) in [7, 11) is 2.90. The van der Waals surface area contributed by atoms with Gasteiger partial charge in [-0.2, -0.15) is 0 Å². The van der Waals surface area contributed by atoms with Crippen LogP contribution in [0.15, 0.2) is 265 Å². The minimum Gasteiger partial charge on any atom is -0.0620 e. The number of rotatable bonds is 14. The van der Waals surface area contributed by atoms with Crippen LogP contribution in [-0.2, 0) is 14.5 Å². The van der Waals surface area contributed by atoms with Crippen molar-refractivity contribution in [3.05, 3.63) is 265 Å². The zero-order valence-corrected chi connectivity index (χ0v) is 49.6. The van der Waals surface area contributed by atoms with E-state index in [4.69, 9.17) is 9.42 Å². The van der Waals surface area contributed by atoms with Crippen LogP contribution in [0.1, 0.15) is 34.6 Å². The molecule has 0 fully saturated rings. The molecule has 7 heteroatoms. The van der Waals surface area contributed by atoms with Gasteiger partial charge in [0.15, 0.2) is 0 Å². The van der Waals surface area contributed by atoms with Gasteiger partial charge in [0.2, 0.25) is 0 Å². The van der Waals surface area contributed by atoms with Crippen molar-refractivity contribution in [3.63, 3.8) is 0 Å². The monoisotopic (exact) mass is 1140 g/mol. The normalized spacial score (nSPS) is 12.9. The number of benzene rings is 8. The first-order valence-corrected chi connectivity index (χ1v) is 40.6. The molecule has 8 aromatic carbocycles. The third-order valence-corrected chi connectivity index (χ3v) is 37.1. The van der Waals surface area contributed by atoms with Crippen LogP contribution in [0, 0.1) is 0 Å². The Morgan fingerprint density at radius 1 is 0.319 bits per heavy atom. The fraction of sp³-hybridized carbons (Fsp3) is 0.161. The number of hydrogen-bond acceptors (Lipinski definition) is 0. The summed E-state index contributed by atoms with van der Waals surface area (Å²) >= 11 is -0.131. The summed E-state index contributed by atoms with van der Waals surface area (Å²) in [4.78, 5) is 0. The van der Waals surface area contributed by atoms with Crippen LogP contribution < -0.4 is 42.4 Å². The summed E-state index contributed by atoms with van der Waals surface area (Å²) in [5, 5.41) is 12.1. The number of hydrogen-bond donors (Lipinski definition) is 0. The van der Waals surface area contributed by atoms with E-state index in [0.29, 0.717) is 4.25 Å². The predicted molar refractivity (Wildman–Crippen MR) is 318 cm³/mol. The van der Waals surface area contributed by atoms with Crippen molar-refractivity contribution in [2.24, 2.45) is 0 Å². The Balaban J connectivity index is 0.000000164. The molecule has 0 aliphatic heterocycles. The second-order valence-corrected chi connectivity index (χ2v) is 40.3. The van der Waals surface area contributed by atoms with Gasteiger partial charge in [0.05, 0.1) is 74.1 Å². The van der Waals surface area contributed by atoms with Crippen molar-refractivity contribution in [3.8, 4) is 0 Å². The van der Waals surface area contributed by atoms with E-state index >= 15 is 0 Å². The minimum atomic E-state index is -0.783. The second kappa shape index (κ2) is 27.9. The van der Waals surface area contributed by atoms with Crippen molar-refractivity contribution < 1.29 is 14.5 Å². The summed E-state index contributed by atoms with van der Waals surface area (Å²) in [6.45, 7) is 11.5. The molecule has 8 aromatic rings. The van der Waals surface area contributed by atoms with E-state index in [9.17, 15) is 0 Å². The van der Waals surface area contributed by atoms with Gasteiger partial charge in [-0.15, -0.1) is 0 Å². The first kappa shape index (κ1) is 53.3. The molecule has 0 radical (unpaired) electrons. The fourth-order valence-electron chi connectivity index (χ4n) is 9.26. The van der Waals surface area contributed by atoms with Gasteiger partial charge < -0.3 is 0 Å². The van der Waals surface area contributed by atoms with Gasteiger partial charge in [-0.1, -0.05) is 146 Å². The van der Waals surface area contributed by atoms with Crippen molar-refractivity contribution in [1.82, 2.24) is 0 Å². The van der Waals surface area contributed by atoms with Crippen molar-refractivity contribution >= 4 is 95.5 Å². The SMILES string of the molecule is CC1=C(C)[C](C)([Ge]#[Mo][Cl])C(C)=C1C.c1ccc([PH+](CC[PH+](c2ccccc2)c2ccccc2)c2ccccc2)cc1.c1ccc([PH+](CC[PH+](c2ccccc2)c2ccccc2)c2ccccc2)cc1. The number of halogens is 1. The van der Waals surface area contributed by atoms with Crippen LogP contribution in [-0.4, -0.2) is 36.6 Å². The molecule has 1 aliphatic rings. The molecule has 0 spiro atoms. The Morgan fingerprint density at radius 3 is 0.623 bits per heavy atom. The maximum absolute atomic E-state index is 6.04. The molecule has 0 bridgehead atoms. The van der Waals surface area contributed by atoms with Crippen LogP contribution in [0.3, 0.4) is 0 Å². The summed E-state index contributed by atoms with van der Waals surface area (Å²) < 4.78 is 0.415. The summed E-state index contributed by atoms with van der Waals surface area (Å²) in [5.74, 6) is 0. The quantitative estimate of drug-likeness (QED) is 0.0752. The molecule has 0 saturated heterocycles. The molecular formula is C62H67ClGeMoP4+4. The standard InChI is InChI=1S/2C26H24P2.C10H15Ge.ClH.Mo/c2*1-5-13-23(14-6-1)27(24-15-7-2-8-16-24)21-22-28(25-17-9-3-10-18-25)26-19-11-4-12-20-26;1-6-7(2)9(4)10(5,11)8(6)3;;/h2*1-20H,21-22H2;1-5H3;1H;/q;;;;+1/p+3. The van der Waals surface area contributed by atoms with Crippen LogP contribution in [0.5, 0.6) is 0 Å². The molecule has 0 saturated carbocycles. The van der Waals surface area contributed by atoms with E-state index in [2.05, 4.69) is 277 Å². The Bertz CT molecular complexity index is 2380. The Morgan fingerprint density at radius 2 is 0.478 bits per heavy atom. The van der Waals surface area contributed by atoms with Gasteiger partial charge in [-0.05, 0) is 97.1 Å². The minimum absolute atomic E-state index is 0.0492. The maximum atomic E-state index is 6.04. The average molecular weight is 1140 g/mol. The molecule has 1 aliphatic carbocycles. The van der Waals surface area contributed by atoms with E-state index in [1.807, 2.05) is 0 Å². The second-order valence-electron chi connectivity index (χ2n) is 17.6. The predicted octanol–water partition coefficient (Wildman–Crippen LogP) is 13.1. The first-order valence-electron chi connectivity index (χ1n) is 24.1. The molecule has 0 atom stereocenters. The zero-order valence-electron chi connectivity index (χ0n) is 40.7. The van der Waals surface area contributed by atoms with Gasteiger partial charge in [-0.3, -0.25) is 0 Å². The van der Waals surface area contributed by atoms with E-state index in [1.54, 1.807) is 11.1 Å². The molecule has 0 aromatic heterocycles. The smallest absolute Gasteiger partial charge is 0.0620 e. The topological polar surface area (TPSA) is 0 Å². The van der Waals surface area contributed by atoms with Crippen molar-refractivity contribution in [1.29, 1.82) is 0 Å². The summed E-state index contributed by atoms with van der Waals surface area (Å²) in [6.07, 6.45) is 5.04. The Labute approximate surface area is 434 Å². The van der Waals surface area contributed by atoms with Gasteiger partial charge in [0.25, 0.3) is 0 Å². The summed E-state index contributed by atoms with van der Waals surface area (Å²) in [5.41, 5.74) is 6.21. The van der Waals surface area contributed by atoms with Gasteiger partial charge in [-0.25, -0.2) is 0 Å². The van der Waals surface area contributed by atoms with Gasteiger partial charge >= 0.3 is 97.0 Å². The Kier molecular flexibility index (Phi) is 21.6. The van der Waals surface area contributed by atoms with E-state index < -0.39 is 31.7 Å². The summed E-state index contributed by atoms with van der Waals surface area (Å²) in [6, 6.07) is 89.0. The average Bonchev–Trinajstić information content (AvgIpc) is 3.56. The van der Waals surface area contributed by atoms with Gasteiger partial charge in [0.1, 0.15) is 24.6 Å². The molecule has 0 nitrogen and oxygen atoms in total. The van der Waals surface area contributed by atoms with Crippen LogP contribution in [0.25, 0.3) is 0 Å².